The van der Waals surface area contributed by atoms with Crippen molar-refractivity contribution in [1.29, 1.82) is 0 Å². The Labute approximate surface area is 96.9 Å². The van der Waals surface area contributed by atoms with Crippen LogP contribution in [0.4, 0.5) is 0 Å². The van der Waals surface area contributed by atoms with Crippen LogP contribution in [-0.2, 0) is 16.1 Å². The summed E-state index contributed by atoms with van der Waals surface area (Å²) < 4.78 is 6.31. The molecule has 1 heterocycles. The van der Waals surface area contributed by atoms with Gasteiger partial charge < -0.3 is 4.74 Å². The molecule has 6 heteroatoms. The maximum absolute atomic E-state index is 11.3. The van der Waals surface area contributed by atoms with Crippen LogP contribution in [0.2, 0.25) is 5.02 Å². The third kappa shape index (κ3) is 2.14. The Kier molecular flexibility index (Phi) is 3.05. The van der Waals surface area contributed by atoms with Crippen LogP contribution in [0.3, 0.4) is 0 Å². The number of aromatic nitrogens is 3. The molecule has 0 aliphatic heterocycles. The molecule has 1 aromatic heterocycles. The van der Waals surface area contributed by atoms with Crippen LogP contribution in [0.1, 0.15) is 6.92 Å². The van der Waals surface area contributed by atoms with E-state index in [1.807, 2.05) is 0 Å². The smallest absolute Gasteiger partial charge is 0.327 e. The van der Waals surface area contributed by atoms with Gasteiger partial charge in [0.1, 0.15) is 12.1 Å². The van der Waals surface area contributed by atoms with Crippen molar-refractivity contribution in [2.24, 2.45) is 0 Å². The normalized spacial score (nSPS) is 10.6. The summed E-state index contributed by atoms with van der Waals surface area (Å²) in [7, 11) is 0. The summed E-state index contributed by atoms with van der Waals surface area (Å²) in [6.45, 7) is 2.16. The number of fused-ring (bicyclic) bond motifs is 1. The second-order valence-electron chi connectivity index (χ2n) is 3.19. The molecule has 0 amide bonds. The maximum atomic E-state index is 11.3. The summed E-state index contributed by atoms with van der Waals surface area (Å²) in [6.07, 6.45) is 0. The number of rotatable bonds is 3. The Morgan fingerprint density at radius 1 is 1.56 bits per heavy atom. The first-order valence-electron chi connectivity index (χ1n) is 4.85. The predicted octanol–water partition coefficient (Wildman–Crippen LogP) is 1.65. The number of ether oxygens (including phenoxy) is 1. The molecule has 84 valence electrons. The molecule has 0 N–H and O–H groups in total. The van der Waals surface area contributed by atoms with E-state index in [0.717, 1.165) is 5.52 Å². The van der Waals surface area contributed by atoms with E-state index in [9.17, 15) is 4.79 Å². The van der Waals surface area contributed by atoms with Gasteiger partial charge in [-0.15, -0.1) is 5.10 Å². The zero-order chi connectivity index (χ0) is 11.5. The molecule has 16 heavy (non-hydrogen) atoms. The van der Waals surface area contributed by atoms with Gasteiger partial charge in [0.2, 0.25) is 0 Å². The number of nitrogens with zero attached hydrogens (tertiary/aromatic N) is 3. The van der Waals surface area contributed by atoms with Crippen molar-refractivity contribution < 1.29 is 9.53 Å². The van der Waals surface area contributed by atoms with Crippen LogP contribution >= 0.6 is 11.6 Å². The maximum Gasteiger partial charge on any atom is 0.327 e. The first kappa shape index (κ1) is 10.9. The lowest BCUT2D eigenvalue weighted by molar-refractivity contribution is -0.143. The van der Waals surface area contributed by atoms with Gasteiger partial charge in [0, 0.05) is 5.02 Å². The summed E-state index contributed by atoms with van der Waals surface area (Å²) in [4.78, 5) is 11.3. The molecule has 0 spiro atoms. The van der Waals surface area contributed by atoms with Gasteiger partial charge in [-0.05, 0) is 25.1 Å². The third-order valence-corrected chi connectivity index (χ3v) is 2.30. The van der Waals surface area contributed by atoms with Crippen molar-refractivity contribution in [3.63, 3.8) is 0 Å². The molecule has 0 saturated heterocycles. The molecular formula is C10H10ClN3O2. The van der Waals surface area contributed by atoms with Gasteiger partial charge in [-0.25, -0.2) is 4.68 Å². The van der Waals surface area contributed by atoms with Crippen molar-refractivity contribution in [3.05, 3.63) is 23.2 Å². The van der Waals surface area contributed by atoms with Gasteiger partial charge in [0.05, 0.1) is 12.1 Å². The lowest BCUT2D eigenvalue weighted by Gasteiger charge is -2.02. The summed E-state index contributed by atoms with van der Waals surface area (Å²) in [5, 5.41) is 8.37. The molecule has 2 rings (SSSR count). The molecule has 1 aromatic carbocycles. The number of hydrogen-bond acceptors (Lipinski definition) is 4. The van der Waals surface area contributed by atoms with Crippen LogP contribution in [0.15, 0.2) is 18.2 Å². The van der Waals surface area contributed by atoms with Crippen LogP contribution in [-0.4, -0.2) is 27.6 Å². The molecule has 0 atom stereocenters. The Morgan fingerprint density at radius 3 is 3.12 bits per heavy atom. The Bertz CT molecular complexity index is 524. The van der Waals surface area contributed by atoms with Gasteiger partial charge in [0.15, 0.2) is 0 Å². The van der Waals surface area contributed by atoms with Gasteiger partial charge in [-0.3, -0.25) is 4.79 Å². The van der Waals surface area contributed by atoms with Crippen LogP contribution in [0.5, 0.6) is 0 Å². The van der Waals surface area contributed by atoms with Crippen molar-refractivity contribution in [3.8, 4) is 0 Å². The number of hydrogen-bond donors (Lipinski definition) is 0. The Hall–Kier alpha value is -1.62. The van der Waals surface area contributed by atoms with Crippen molar-refractivity contribution in [1.82, 2.24) is 15.0 Å². The molecule has 0 unspecified atom stereocenters. The van der Waals surface area contributed by atoms with E-state index in [4.69, 9.17) is 16.3 Å². The average molecular weight is 240 g/mol. The van der Waals surface area contributed by atoms with Crippen molar-refractivity contribution >= 4 is 28.6 Å². The zero-order valence-corrected chi connectivity index (χ0v) is 9.44. The fraction of sp³-hybridized carbons (Fsp3) is 0.300. The van der Waals surface area contributed by atoms with E-state index >= 15 is 0 Å². The molecule has 0 bridgehead atoms. The van der Waals surface area contributed by atoms with E-state index in [-0.39, 0.29) is 12.5 Å². The zero-order valence-electron chi connectivity index (χ0n) is 8.68. The van der Waals surface area contributed by atoms with Crippen molar-refractivity contribution in [2.45, 2.75) is 13.5 Å². The first-order valence-corrected chi connectivity index (χ1v) is 5.23. The highest BCUT2D eigenvalue weighted by atomic mass is 35.5. The SMILES string of the molecule is CCOC(=O)Cn1nnc2ccc(Cl)cc21. The number of benzene rings is 1. The van der Waals surface area contributed by atoms with Crippen LogP contribution in [0, 0.1) is 0 Å². The van der Waals surface area contributed by atoms with E-state index < -0.39 is 0 Å². The predicted molar refractivity (Wildman–Crippen MR) is 59.2 cm³/mol. The molecule has 2 aromatic rings. The lowest BCUT2D eigenvalue weighted by Crippen LogP contribution is -2.14. The number of carbonyl (C=O) groups is 1. The monoisotopic (exact) mass is 239 g/mol. The summed E-state index contributed by atoms with van der Waals surface area (Å²) in [6, 6.07) is 5.20. The summed E-state index contributed by atoms with van der Waals surface area (Å²) in [5.41, 5.74) is 1.43. The second-order valence-corrected chi connectivity index (χ2v) is 3.62. The Balaban J connectivity index is 2.30. The minimum absolute atomic E-state index is 0.0463. The van der Waals surface area contributed by atoms with E-state index in [2.05, 4.69) is 10.3 Å². The van der Waals surface area contributed by atoms with Crippen LogP contribution in [0.25, 0.3) is 11.0 Å². The highest BCUT2D eigenvalue weighted by molar-refractivity contribution is 6.31. The number of esters is 1. The molecule has 0 radical (unpaired) electrons. The van der Waals surface area contributed by atoms with E-state index in [1.165, 1.54) is 4.68 Å². The van der Waals surface area contributed by atoms with Gasteiger partial charge in [-0.1, -0.05) is 16.8 Å². The summed E-state index contributed by atoms with van der Waals surface area (Å²) in [5.74, 6) is -0.339. The standard InChI is InChI=1S/C10H10ClN3O2/c1-2-16-10(15)6-14-9-5-7(11)3-4-8(9)12-13-14/h3-5H,2,6H2,1H3. The molecule has 0 aliphatic carbocycles. The largest absolute Gasteiger partial charge is 0.465 e. The number of carbonyl (C=O) groups excluding carboxylic acids is 1. The number of halogens is 1. The van der Waals surface area contributed by atoms with Gasteiger partial charge in [0.25, 0.3) is 0 Å². The van der Waals surface area contributed by atoms with Crippen molar-refractivity contribution in [2.75, 3.05) is 6.61 Å². The molecular weight excluding hydrogens is 230 g/mol. The summed E-state index contributed by atoms with van der Waals surface area (Å²) >= 11 is 5.86. The quantitative estimate of drug-likeness (QED) is 0.765. The van der Waals surface area contributed by atoms with Gasteiger partial charge in [-0.2, -0.15) is 0 Å². The fourth-order valence-corrected chi connectivity index (χ4v) is 1.55. The highest BCUT2D eigenvalue weighted by Gasteiger charge is 2.09. The second kappa shape index (κ2) is 4.49. The lowest BCUT2D eigenvalue weighted by atomic mass is 10.3. The molecule has 0 aliphatic rings. The topological polar surface area (TPSA) is 57.0 Å². The average Bonchev–Trinajstić information content (AvgIpc) is 2.61. The minimum atomic E-state index is -0.339. The van der Waals surface area contributed by atoms with Crippen LogP contribution < -0.4 is 0 Å². The minimum Gasteiger partial charge on any atom is -0.465 e. The first-order chi connectivity index (χ1) is 7.70. The third-order valence-electron chi connectivity index (χ3n) is 2.06. The fourth-order valence-electron chi connectivity index (χ4n) is 1.38. The van der Waals surface area contributed by atoms with E-state index in [1.54, 1.807) is 25.1 Å². The molecule has 0 fully saturated rings. The highest BCUT2D eigenvalue weighted by Crippen LogP contribution is 2.16. The van der Waals surface area contributed by atoms with E-state index in [0.29, 0.717) is 17.1 Å². The van der Waals surface area contributed by atoms with Gasteiger partial charge >= 0.3 is 5.97 Å². The molecule has 0 saturated carbocycles. The Morgan fingerprint density at radius 2 is 2.38 bits per heavy atom. The molecule has 5 nitrogen and oxygen atoms in total.